The molecule has 5 heteroatoms. The van der Waals surface area contributed by atoms with Gasteiger partial charge in [0.15, 0.2) is 0 Å². The van der Waals surface area contributed by atoms with E-state index in [9.17, 15) is 4.79 Å². The number of rotatable bonds is 5. The Kier molecular flexibility index (Phi) is 4.11. The van der Waals surface area contributed by atoms with Crippen molar-refractivity contribution < 1.29 is 4.79 Å². The van der Waals surface area contributed by atoms with Gasteiger partial charge >= 0.3 is 6.03 Å². The van der Waals surface area contributed by atoms with E-state index in [1.165, 1.54) is 5.56 Å². The number of carbonyl (C=O) groups excluding carboxylic acids is 1. The van der Waals surface area contributed by atoms with Crippen molar-refractivity contribution in [2.45, 2.75) is 38.1 Å². The summed E-state index contributed by atoms with van der Waals surface area (Å²) in [5, 5.41) is 10.3. The second-order valence-corrected chi connectivity index (χ2v) is 6.50. The van der Waals surface area contributed by atoms with Crippen LogP contribution in [0.25, 0.3) is 0 Å². The molecule has 1 heterocycles. The molecule has 0 radical (unpaired) electrons. The van der Waals surface area contributed by atoms with E-state index in [1.54, 1.807) is 0 Å². The van der Waals surface area contributed by atoms with E-state index in [0.717, 1.165) is 24.1 Å². The largest absolute Gasteiger partial charge is 0.337 e. The maximum absolute atomic E-state index is 12.2. The molecule has 5 nitrogen and oxygen atoms in total. The van der Waals surface area contributed by atoms with Gasteiger partial charge < -0.3 is 10.6 Å². The van der Waals surface area contributed by atoms with Gasteiger partial charge in [0.1, 0.15) is 0 Å². The van der Waals surface area contributed by atoms with Crippen LogP contribution in [0.15, 0.2) is 36.5 Å². The number of hydrogen-bond donors (Lipinski definition) is 2. The summed E-state index contributed by atoms with van der Waals surface area (Å²) in [6.45, 7) is 4.67. The third kappa shape index (κ3) is 3.23. The van der Waals surface area contributed by atoms with Crippen LogP contribution in [0.4, 0.5) is 4.79 Å². The topological polar surface area (TPSA) is 59.0 Å². The van der Waals surface area contributed by atoms with Crippen molar-refractivity contribution in [3.63, 3.8) is 0 Å². The molecule has 122 valence electrons. The fourth-order valence-corrected chi connectivity index (χ4v) is 3.03. The van der Waals surface area contributed by atoms with Crippen molar-refractivity contribution >= 4 is 6.03 Å². The van der Waals surface area contributed by atoms with E-state index < -0.39 is 0 Å². The van der Waals surface area contributed by atoms with Gasteiger partial charge in [-0.25, -0.2) is 4.79 Å². The zero-order valence-corrected chi connectivity index (χ0v) is 14.0. The van der Waals surface area contributed by atoms with Crippen LogP contribution in [0, 0.1) is 6.92 Å². The predicted molar refractivity (Wildman–Crippen MR) is 90.2 cm³/mol. The average molecular weight is 312 g/mol. The van der Waals surface area contributed by atoms with Crippen molar-refractivity contribution in [2.24, 2.45) is 7.05 Å². The fourth-order valence-electron chi connectivity index (χ4n) is 3.03. The van der Waals surface area contributed by atoms with Gasteiger partial charge in [0.05, 0.1) is 12.2 Å². The molecule has 0 unspecified atom stereocenters. The molecule has 1 atom stereocenters. The van der Waals surface area contributed by atoms with Crippen LogP contribution in [0.5, 0.6) is 0 Å². The Balaban J connectivity index is 1.55. The molecule has 2 N–H and O–H groups in total. The highest BCUT2D eigenvalue weighted by Gasteiger charge is 2.44. The molecule has 23 heavy (non-hydrogen) atoms. The molecule has 0 saturated heterocycles. The van der Waals surface area contributed by atoms with Gasteiger partial charge in [-0.2, -0.15) is 5.10 Å². The number of nitrogens with one attached hydrogen (secondary N) is 2. The van der Waals surface area contributed by atoms with Crippen LogP contribution in [-0.4, -0.2) is 22.4 Å². The summed E-state index contributed by atoms with van der Waals surface area (Å²) in [5.74, 6) is 0. The van der Waals surface area contributed by atoms with E-state index in [0.29, 0.717) is 6.54 Å². The van der Waals surface area contributed by atoms with Gasteiger partial charge in [-0.15, -0.1) is 0 Å². The molecule has 1 aromatic heterocycles. The Morgan fingerprint density at radius 2 is 2.04 bits per heavy atom. The Bertz CT molecular complexity index is 688. The molecule has 1 fully saturated rings. The maximum Gasteiger partial charge on any atom is 0.315 e. The molecule has 3 rings (SSSR count). The highest BCUT2D eigenvalue weighted by atomic mass is 16.2. The summed E-state index contributed by atoms with van der Waals surface area (Å²) in [6.07, 6.45) is 4.08. The lowest BCUT2D eigenvalue weighted by molar-refractivity contribution is 0.237. The standard InChI is InChI=1S/C18H24N4O/c1-13(16-11-20-22(3)14(16)2)21-17(23)19-12-18(9-10-18)15-7-5-4-6-8-15/h4-8,11,13H,9-10,12H2,1-3H3,(H2,19,21,23)/t13-/m1/s1. The zero-order chi connectivity index (χ0) is 16.4. The predicted octanol–water partition coefficient (Wildman–Crippen LogP) is 2.82. The first-order valence-electron chi connectivity index (χ1n) is 8.10. The van der Waals surface area contributed by atoms with E-state index in [-0.39, 0.29) is 17.5 Å². The van der Waals surface area contributed by atoms with Gasteiger partial charge in [-0.1, -0.05) is 30.3 Å². The second-order valence-electron chi connectivity index (χ2n) is 6.50. The van der Waals surface area contributed by atoms with Crippen molar-refractivity contribution in [1.82, 2.24) is 20.4 Å². The second kappa shape index (κ2) is 6.07. The molecule has 0 spiro atoms. The number of benzene rings is 1. The van der Waals surface area contributed by atoms with Crippen molar-refractivity contribution in [1.29, 1.82) is 0 Å². The molecule has 1 aliphatic rings. The van der Waals surface area contributed by atoms with Crippen LogP contribution in [-0.2, 0) is 12.5 Å². The van der Waals surface area contributed by atoms with E-state index in [2.05, 4.69) is 40.0 Å². The Labute approximate surface area is 137 Å². The van der Waals surface area contributed by atoms with Gasteiger partial charge in [0, 0.05) is 30.3 Å². The summed E-state index contributed by atoms with van der Waals surface area (Å²) in [7, 11) is 1.91. The van der Waals surface area contributed by atoms with E-state index in [4.69, 9.17) is 0 Å². The van der Waals surface area contributed by atoms with Crippen molar-refractivity contribution in [2.75, 3.05) is 6.54 Å². The van der Waals surface area contributed by atoms with Gasteiger partial charge in [0.2, 0.25) is 0 Å². The van der Waals surface area contributed by atoms with Crippen LogP contribution in [0.2, 0.25) is 0 Å². The summed E-state index contributed by atoms with van der Waals surface area (Å²) in [4.78, 5) is 12.2. The monoisotopic (exact) mass is 312 g/mol. The van der Waals surface area contributed by atoms with Crippen LogP contribution < -0.4 is 10.6 Å². The zero-order valence-electron chi connectivity index (χ0n) is 14.0. The quantitative estimate of drug-likeness (QED) is 0.892. The smallest absolute Gasteiger partial charge is 0.315 e. The summed E-state index contributed by atoms with van der Waals surface area (Å²) in [5.41, 5.74) is 3.57. The van der Waals surface area contributed by atoms with E-state index in [1.807, 2.05) is 37.8 Å². The molecule has 1 aromatic carbocycles. The van der Waals surface area contributed by atoms with Crippen molar-refractivity contribution in [3.05, 3.63) is 53.3 Å². The van der Waals surface area contributed by atoms with Crippen LogP contribution in [0.1, 0.15) is 42.6 Å². The molecule has 0 aliphatic heterocycles. The number of nitrogens with zero attached hydrogens (tertiary/aromatic N) is 2. The normalized spacial score (nSPS) is 16.7. The number of aryl methyl sites for hydroxylation is 1. The highest BCUT2D eigenvalue weighted by Crippen LogP contribution is 2.47. The summed E-state index contributed by atoms with van der Waals surface area (Å²) >= 11 is 0. The number of amides is 2. The Morgan fingerprint density at radius 1 is 1.35 bits per heavy atom. The summed E-state index contributed by atoms with van der Waals surface area (Å²) in [6, 6.07) is 10.3. The number of aromatic nitrogens is 2. The average Bonchev–Trinajstić information content (AvgIpc) is 3.28. The lowest BCUT2D eigenvalue weighted by atomic mass is 9.96. The molecule has 1 aliphatic carbocycles. The minimum atomic E-state index is -0.122. The molecule has 1 saturated carbocycles. The summed E-state index contributed by atoms with van der Waals surface area (Å²) < 4.78 is 1.82. The molecular formula is C18H24N4O. The molecule has 0 bridgehead atoms. The third-order valence-electron chi connectivity index (χ3n) is 4.91. The SMILES string of the molecule is Cc1c([C@@H](C)NC(=O)NCC2(c3ccccc3)CC2)cnn1C. The maximum atomic E-state index is 12.2. The van der Waals surface area contributed by atoms with Crippen LogP contribution in [0.3, 0.4) is 0 Å². The number of hydrogen-bond acceptors (Lipinski definition) is 2. The first-order chi connectivity index (χ1) is 11.0. The molecule has 2 aromatic rings. The minimum Gasteiger partial charge on any atom is -0.337 e. The number of urea groups is 1. The lowest BCUT2D eigenvalue weighted by Crippen LogP contribution is -2.40. The van der Waals surface area contributed by atoms with Gasteiger partial charge in [0.25, 0.3) is 0 Å². The van der Waals surface area contributed by atoms with Crippen molar-refractivity contribution in [3.8, 4) is 0 Å². The Morgan fingerprint density at radius 3 is 2.61 bits per heavy atom. The highest BCUT2D eigenvalue weighted by molar-refractivity contribution is 5.74. The first-order valence-corrected chi connectivity index (χ1v) is 8.10. The lowest BCUT2D eigenvalue weighted by Gasteiger charge is -2.19. The van der Waals surface area contributed by atoms with Gasteiger partial charge in [-0.05, 0) is 32.3 Å². The number of carbonyl (C=O) groups is 1. The molecular weight excluding hydrogens is 288 g/mol. The van der Waals surface area contributed by atoms with E-state index >= 15 is 0 Å². The third-order valence-corrected chi connectivity index (χ3v) is 4.91. The minimum absolute atomic E-state index is 0.0596. The Hall–Kier alpha value is -2.30. The van der Waals surface area contributed by atoms with Gasteiger partial charge in [-0.3, -0.25) is 4.68 Å². The molecule has 2 amide bonds. The first kappa shape index (κ1) is 15.6. The fraction of sp³-hybridized carbons (Fsp3) is 0.444. The van der Waals surface area contributed by atoms with Crippen LogP contribution >= 0.6 is 0 Å².